The molecule has 0 aliphatic carbocycles. The van der Waals surface area contributed by atoms with Gasteiger partial charge < -0.3 is 16.4 Å². The quantitative estimate of drug-likeness (QED) is 0.573. The molecule has 0 saturated carbocycles. The van der Waals surface area contributed by atoms with Gasteiger partial charge in [-0.1, -0.05) is 0 Å². The van der Waals surface area contributed by atoms with Gasteiger partial charge in [0.1, 0.15) is 0 Å². The average Bonchev–Trinajstić information content (AvgIpc) is 2.33. The number of primary amides is 1. The number of hydrogen-bond donors (Lipinski definition) is 3. The number of carbonyl (C=O) groups excluding carboxylic acids is 1. The number of carbonyl (C=O) groups is 1. The van der Waals surface area contributed by atoms with E-state index in [4.69, 9.17) is 5.73 Å². The number of nitrogens with two attached hydrogens (primary N) is 1. The molecule has 2 heterocycles. The Bertz CT molecular complexity index is 273. The van der Waals surface area contributed by atoms with Crippen molar-refractivity contribution >= 4 is 5.91 Å². The molecule has 0 atom stereocenters. The predicted octanol–water partition coefficient (Wildman–Crippen LogP) is -0.640. The molecule has 0 bridgehead atoms. The van der Waals surface area contributed by atoms with E-state index >= 15 is 0 Å². The Kier molecular flexibility index (Phi) is 5.35. The SMILES string of the molecule is C1CNCCN1.NC(=O)c1cccnc1. The van der Waals surface area contributed by atoms with Crippen molar-refractivity contribution in [1.29, 1.82) is 0 Å². The highest BCUT2D eigenvalue weighted by molar-refractivity contribution is 5.92. The maximum atomic E-state index is 10.4. The maximum absolute atomic E-state index is 10.4. The predicted molar refractivity (Wildman–Crippen MR) is 58.5 cm³/mol. The van der Waals surface area contributed by atoms with Crippen molar-refractivity contribution in [3.8, 4) is 0 Å². The first-order valence-corrected chi connectivity index (χ1v) is 4.92. The first kappa shape index (κ1) is 11.6. The third kappa shape index (κ3) is 5.09. The van der Waals surface area contributed by atoms with Crippen molar-refractivity contribution in [3.05, 3.63) is 30.1 Å². The van der Waals surface area contributed by atoms with E-state index in [-0.39, 0.29) is 0 Å². The lowest BCUT2D eigenvalue weighted by molar-refractivity contribution is 0.1000. The molecule has 2 rings (SSSR count). The van der Waals surface area contributed by atoms with Crippen LogP contribution in [0.5, 0.6) is 0 Å². The second kappa shape index (κ2) is 6.92. The van der Waals surface area contributed by atoms with E-state index in [0.29, 0.717) is 5.56 Å². The molecule has 5 heteroatoms. The molecule has 1 aliphatic rings. The van der Waals surface area contributed by atoms with E-state index in [1.54, 1.807) is 18.3 Å². The Hall–Kier alpha value is -1.46. The minimum atomic E-state index is -0.442. The summed E-state index contributed by atoms with van der Waals surface area (Å²) in [6.07, 6.45) is 3.02. The molecule has 0 radical (unpaired) electrons. The summed E-state index contributed by atoms with van der Waals surface area (Å²) in [6.45, 7) is 4.56. The van der Waals surface area contributed by atoms with Crippen molar-refractivity contribution in [1.82, 2.24) is 15.6 Å². The first-order chi connectivity index (χ1) is 7.30. The van der Waals surface area contributed by atoms with E-state index in [1.165, 1.54) is 6.20 Å². The fourth-order valence-corrected chi connectivity index (χ4v) is 1.11. The smallest absolute Gasteiger partial charge is 0.250 e. The number of piperazine rings is 1. The molecule has 1 fully saturated rings. The lowest BCUT2D eigenvalue weighted by Gasteiger charge is -2.11. The van der Waals surface area contributed by atoms with Crippen LogP contribution in [0.25, 0.3) is 0 Å². The molecule has 1 aliphatic heterocycles. The van der Waals surface area contributed by atoms with Gasteiger partial charge in [0.25, 0.3) is 0 Å². The van der Waals surface area contributed by atoms with E-state index in [2.05, 4.69) is 15.6 Å². The van der Waals surface area contributed by atoms with Crippen molar-refractivity contribution in [2.75, 3.05) is 26.2 Å². The van der Waals surface area contributed by atoms with Crippen LogP contribution >= 0.6 is 0 Å². The van der Waals surface area contributed by atoms with Gasteiger partial charge in [0, 0.05) is 38.6 Å². The molecule has 5 nitrogen and oxygen atoms in total. The second-order valence-corrected chi connectivity index (χ2v) is 3.11. The van der Waals surface area contributed by atoms with Crippen molar-refractivity contribution in [2.24, 2.45) is 5.73 Å². The minimum Gasteiger partial charge on any atom is -0.366 e. The van der Waals surface area contributed by atoms with Crippen LogP contribution in [0, 0.1) is 0 Å². The third-order valence-electron chi connectivity index (χ3n) is 1.90. The van der Waals surface area contributed by atoms with E-state index in [0.717, 1.165) is 26.2 Å². The zero-order valence-electron chi connectivity index (χ0n) is 8.57. The normalized spacial score (nSPS) is 14.9. The molecule has 1 saturated heterocycles. The molecule has 1 aromatic heterocycles. The number of hydrogen-bond acceptors (Lipinski definition) is 4. The molecular weight excluding hydrogens is 192 g/mol. The summed E-state index contributed by atoms with van der Waals surface area (Å²) in [7, 11) is 0. The third-order valence-corrected chi connectivity index (χ3v) is 1.90. The second-order valence-electron chi connectivity index (χ2n) is 3.11. The van der Waals surface area contributed by atoms with Crippen LogP contribution in [0.15, 0.2) is 24.5 Å². The van der Waals surface area contributed by atoms with Gasteiger partial charge in [0.15, 0.2) is 0 Å². The summed E-state index contributed by atoms with van der Waals surface area (Å²) in [5, 5.41) is 6.44. The van der Waals surface area contributed by atoms with Gasteiger partial charge in [0.2, 0.25) is 5.91 Å². The summed E-state index contributed by atoms with van der Waals surface area (Å²) in [5.74, 6) is -0.442. The van der Waals surface area contributed by atoms with Gasteiger partial charge in [0.05, 0.1) is 5.56 Å². The molecule has 82 valence electrons. The number of nitrogens with one attached hydrogen (secondary N) is 2. The summed E-state index contributed by atoms with van der Waals surface area (Å²) in [5.41, 5.74) is 5.38. The molecule has 4 N–H and O–H groups in total. The van der Waals surface area contributed by atoms with E-state index < -0.39 is 5.91 Å². The van der Waals surface area contributed by atoms with Crippen LogP contribution in [-0.2, 0) is 0 Å². The topological polar surface area (TPSA) is 80.0 Å². The van der Waals surface area contributed by atoms with Crippen LogP contribution in [0.2, 0.25) is 0 Å². The summed E-state index contributed by atoms with van der Waals surface area (Å²) in [4.78, 5) is 14.1. The number of pyridine rings is 1. The van der Waals surface area contributed by atoms with Gasteiger partial charge in [-0.15, -0.1) is 0 Å². The Morgan fingerprint density at radius 1 is 1.27 bits per heavy atom. The van der Waals surface area contributed by atoms with Crippen molar-refractivity contribution < 1.29 is 4.79 Å². The van der Waals surface area contributed by atoms with Gasteiger partial charge in [-0.05, 0) is 12.1 Å². The Morgan fingerprint density at radius 3 is 2.13 bits per heavy atom. The number of rotatable bonds is 1. The Balaban J connectivity index is 0.000000162. The fraction of sp³-hybridized carbons (Fsp3) is 0.400. The van der Waals surface area contributed by atoms with Crippen LogP contribution < -0.4 is 16.4 Å². The number of amides is 1. The monoisotopic (exact) mass is 208 g/mol. The molecular formula is C10H16N4O. The Morgan fingerprint density at radius 2 is 1.87 bits per heavy atom. The molecule has 0 spiro atoms. The zero-order valence-corrected chi connectivity index (χ0v) is 8.57. The van der Waals surface area contributed by atoms with Gasteiger partial charge in [-0.3, -0.25) is 9.78 Å². The maximum Gasteiger partial charge on any atom is 0.250 e. The molecule has 15 heavy (non-hydrogen) atoms. The molecule has 0 aromatic carbocycles. The van der Waals surface area contributed by atoms with Crippen LogP contribution in [0.1, 0.15) is 10.4 Å². The van der Waals surface area contributed by atoms with Crippen molar-refractivity contribution in [2.45, 2.75) is 0 Å². The number of aromatic nitrogens is 1. The van der Waals surface area contributed by atoms with Crippen molar-refractivity contribution in [3.63, 3.8) is 0 Å². The van der Waals surface area contributed by atoms with Crippen LogP contribution in [-0.4, -0.2) is 37.1 Å². The highest BCUT2D eigenvalue weighted by Crippen LogP contribution is 1.91. The highest BCUT2D eigenvalue weighted by atomic mass is 16.1. The summed E-state index contributed by atoms with van der Waals surface area (Å²) in [6, 6.07) is 3.29. The summed E-state index contributed by atoms with van der Waals surface area (Å²) < 4.78 is 0. The average molecular weight is 208 g/mol. The van der Waals surface area contributed by atoms with E-state index in [9.17, 15) is 4.79 Å². The minimum absolute atomic E-state index is 0.442. The lowest BCUT2D eigenvalue weighted by atomic mass is 10.3. The standard InChI is InChI=1S/C6H6N2O.C4H10N2/c7-6(9)5-2-1-3-8-4-5;1-2-6-4-3-5-1/h1-4H,(H2,7,9);5-6H,1-4H2. The largest absolute Gasteiger partial charge is 0.366 e. The highest BCUT2D eigenvalue weighted by Gasteiger charge is 1.95. The first-order valence-electron chi connectivity index (χ1n) is 4.92. The molecule has 1 amide bonds. The summed E-state index contributed by atoms with van der Waals surface area (Å²) >= 11 is 0. The van der Waals surface area contributed by atoms with Crippen LogP contribution in [0.4, 0.5) is 0 Å². The van der Waals surface area contributed by atoms with E-state index in [1.807, 2.05) is 0 Å². The molecule has 1 aromatic rings. The molecule has 0 unspecified atom stereocenters. The zero-order chi connectivity index (χ0) is 10.9. The van der Waals surface area contributed by atoms with Gasteiger partial charge >= 0.3 is 0 Å². The van der Waals surface area contributed by atoms with Gasteiger partial charge in [-0.25, -0.2) is 0 Å². The Labute approximate surface area is 89.1 Å². The fourth-order valence-electron chi connectivity index (χ4n) is 1.11. The number of nitrogens with zero attached hydrogens (tertiary/aromatic N) is 1. The lowest BCUT2D eigenvalue weighted by Crippen LogP contribution is -2.39. The van der Waals surface area contributed by atoms with Gasteiger partial charge in [-0.2, -0.15) is 0 Å². The van der Waals surface area contributed by atoms with Crippen LogP contribution in [0.3, 0.4) is 0 Å².